The lowest BCUT2D eigenvalue weighted by molar-refractivity contribution is -0.118. The van der Waals surface area contributed by atoms with Crippen LogP contribution in [0.5, 0.6) is 0 Å². The number of benzene rings is 1. The zero-order valence-corrected chi connectivity index (χ0v) is 11.1. The van der Waals surface area contributed by atoms with Gasteiger partial charge in [0.2, 0.25) is 5.91 Å². The first-order valence-electron chi connectivity index (χ1n) is 6.67. The molecule has 2 aliphatic heterocycles. The van der Waals surface area contributed by atoms with Gasteiger partial charge in [0, 0.05) is 13.1 Å². The second kappa shape index (κ2) is 5.19. The van der Waals surface area contributed by atoms with Gasteiger partial charge in [-0.05, 0) is 19.2 Å². The summed E-state index contributed by atoms with van der Waals surface area (Å²) in [5.74, 6) is 0.107. The SMILES string of the molecule is CN1CCOC(CN2C(=O)CNc3ccccc32)C1. The van der Waals surface area contributed by atoms with Gasteiger partial charge in [0.15, 0.2) is 0 Å². The van der Waals surface area contributed by atoms with Crippen molar-refractivity contribution in [1.29, 1.82) is 0 Å². The normalized spacial score (nSPS) is 23.9. The average Bonchev–Trinajstić information content (AvgIpc) is 2.42. The Morgan fingerprint density at radius 3 is 3.11 bits per heavy atom. The molecule has 1 saturated heterocycles. The minimum Gasteiger partial charge on any atom is -0.374 e. The number of anilines is 2. The van der Waals surface area contributed by atoms with Crippen LogP contribution in [-0.2, 0) is 9.53 Å². The molecule has 0 saturated carbocycles. The van der Waals surface area contributed by atoms with Gasteiger partial charge in [0.25, 0.3) is 0 Å². The number of carbonyl (C=O) groups excluding carboxylic acids is 1. The molecule has 0 aliphatic carbocycles. The fourth-order valence-electron chi connectivity index (χ4n) is 2.64. The summed E-state index contributed by atoms with van der Waals surface area (Å²) in [5.41, 5.74) is 1.97. The molecule has 1 amide bonds. The van der Waals surface area contributed by atoms with Crippen molar-refractivity contribution >= 4 is 17.3 Å². The lowest BCUT2D eigenvalue weighted by Crippen LogP contribution is -2.50. The van der Waals surface area contributed by atoms with Gasteiger partial charge in [0.1, 0.15) is 0 Å². The van der Waals surface area contributed by atoms with Crippen LogP contribution in [0.4, 0.5) is 11.4 Å². The van der Waals surface area contributed by atoms with E-state index in [1.165, 1.54) is 0 Å². The highest BCUT2D eigenvalue weighted by atomic mass is 16.5. The van der Waals surface area contributed by atoms with Crippen LogP contribution in [0.1, 0.15) is 0 Å². The van der Waals surface area contributed by atoms with Crippen molar-refractivity contribution in [2.24, 2.45) is 0 Å². The number of hydrogen-bond acceptors (Lipinski definition) is 4. The summed E-state index contributed by atoms with van der Waals surface area (Å²) in [5, 5.41) is 3.15. The molecule has 0 aromatic heterocycles. The molecule has 0 spiro atoms. The van der Waals surface area contributed by atoms with E-state index in [1.54, 1.807) is 0 Å². The summed E-state index contributed by atoms with van der Waals surface area (Å²) in [6, 6.07) is 7.92. The number of ether oxygens (including phenoxy) is 1. The molecule has 1 atom stereocenters. The maximum atomic E-state index is 12.1. The minimum absolute atomic E-state index is 0.0915. The highest BCUT2D eigenvalue weighted by Crippen LogP contribution is 2.29. The summed E-state index contributed by atoms with van der Waals surface area (Å²) in [7, 11) is 2.09. The molecule has 102 valence electrons. The summed E-state index contributed by atoms with van der Waals surface area (Å²) in [6.45, 7) is 3.56. The summed E-state index contributed by atoms with van der Waals surface area (Å²) < 4.78 is 5.76. The van der Waals surface area contributed by atoms with Crippen molar-refractivity contribution in [3.05, 3.63) is 24.3 Å². The van der Waals surface area contributed by atoms with Crippen LogP contribution >= 0.6 is 0 Å². The van der Waals surface area contributed by atoms with Crippen LogP contribution < -0.4 is 10.2 Å². The van der Waals surface area contributed by atoms with Gasteiger partial charge in [-0.1, -0.05) is 12.1 Å². The van der Waals surface area contributed by atoms with Crippen molar-refractivity contribution in [1.82, 2.24) is 4.90 Å². The molecule has 2 aliphatic rings. The molecule has 5 nitrogen and oxygen atoms in total. The number of carbonyl (C=O) groups is 1. The van der Waals surface area contributed by atoms with E-state index in [2.05, 4.69) is 17.3 Å². The van der Waals surface area contributed by atoms with Crippen molar-refractivity contribution in [3.63, 3.8) is 0 Å². The minimum atomic E-state index is 0.0915. The molecule has 0 radical (unpaired) electrons. The average molecular weight is 261 g/mol. The number of rotatable bonds is 2. The van der Waals surface area contributed by atoms with E-state index in [0.29, 0.717) is 13.1 Å². The number of fused-ring (bicyclic) bond motifs is 1. The highest BCUT2D eigenvalue weighted by Gasteiger charge is 2.28. The Kier molecular flexibility index (Phi) is 3.40. The molecule has 0 bridgehead atoms. The van der Waals surface area contributed by atoms with E-state index >= 15 is 0 Å². The first-order valence-corrected chi connectivity index (χ1v) is 6.67. The van der Waals surface area contributed by atoms with Crippen LogP contribution in [0.3, 0.4) is 0 Å². The van der Waals surface area contributed by atoms with Gasteiger partial charge in [0.05, 0.1) is 37.2 Å². The van der Waals surface area contributed by atoms with Crippen LogP contribution in [0.25, 0.3) is 0 Å². The lowest BCUT2D eigenvalue weighted by atomic mass is 10.1. The largest absolute Gasteiger partial charge is 0.374 e. The quantitative estimate of drug-likeness (QED) is 0.854. The van der Waals surface area contributed by atoms with Crippen molar-refractivity contribution in [2.45, 2.75) is 6.10 Å². The second-order valence-corrected chi connectivity index (χ2v) is 5.13. The van der Waals surface area contributed by atoms with Crippen LogP contribution in [-0.4, -0.2) is 56.7 Å². The molecule has 1 fully saturated rings. The summed E-state index contributed by atoms with van der Waals surface area (Å²) >= 11 is 0. The topological polar surface area (TPSA) is 44.8 Å². The monoisotopic (exact) mass is 261 g/mol. The number of para-hydroxylation sites is 2. The molecular weight excluding hydrogens is 242 g/mol. The third-order valence-corrected chi connectivity index (χ3v) is 3.65. The zero-order valence-electron chi connectivity index (χ0n) is 11.1. The highest BCUT2D eigenvalue weighted by molar-refractivity contribution is 6.02. The predicted octanol–water partition coefficient (Wildman–Crippen LogP) is 0.776. The van der Waals surface area contributed by atoms with Crippen LogP contribution in [0.15, 0.2) is 24.3 Å². The Hall–Kier alpha value is -1.59. The number of nitrogens with one attached hydrogen (secondary N) is 1. The third-order valence-electron chi connectivity index (χ3n) is 3.65. The van der Waals surface area contributed by atoms with Gasteiger partial charge < -0.3 is 19.9 Å². The molecule has 19 heavy (non-hydrogen) atoms. The fourth-order valence-corrected chi connectivity index (χ4v) is 2.64. The Balaban J connectivity index is 1.78. The van der Waals surface area contributed by atoms with Crippen molar-refractivity contribution in [2.75, 3.05) is 50.1 Å². The first-order chi connectivity index (χ1) is 9.24. The van der Waals surface area contributed by atoms with Crippen molar-refractivity contribution < 1.29 is 9.53 Å². The smallest absolute Gasteiger partial charge is 0.246 e. The van der Waals surface area contributed by atoms with E-state index in [-0.39, 0.29) is 12.0 Å². The molecule has 1 aromatic rings. The van der Waals surface area contributed by atoms with E-state index in [1.807, 2.05) is 29.2 Å². The predicted molar refractivity (Wildman–Crippen MR) is 74.5 cm³/mol. The Labute approximate surface area is 113 Å². The maximum Gasteiger partial charge on any atom is 0.246 e. The van der Waals surface area contributed by atoms with E-state index in [9.17, 15) is 4.79 Å². The Bertz CT molecular complexity index is 478. The second-order valence-electron chi connectivity index (χ2n) is 5.13. The fraction of sp³-hybridized carbons (Fsp3) is 0.500. The summed E-state index contributed by atoms with van der Waals surface area (Å²) in [4.78, 5) is 16.2. The number of nitrogens with zero attached hydrogens (tertiary/aromatic N) is 2. The standard InChI is InChI=1S/C14H19N3O2/c1-16-6-7-19-11(9-16)10-17-13-5-3-2-4-12(13)15-8-14(17)18/h2-5,11,15H,6-10H2,1H3. The number of amides is 1. The molecular formula is C14H19N3O2. The van der Waals surface area contributed by atoms with Gasteiger partial charge in [-0.2, -0.15) is 0 Å². The third kappa shape index (κ3) is 2.57. The molecule has 3 rings (SSSR count). The molecule has 5 heteroatoms. The molecule has 1 unspecified atom stereocenters. The Morgan fingerprint density at radius 1 is 1.42 bits per heavy atom. The van der Waals surface area contributed by atoms with Crippen LogP contribution in [0, 0.1) is 0 Å². The molecule has 2 heterocycles. The molecule has 1 N–H and O–H groups in total. The molecule has 1 aromatic carbocycles. The van der Waals surface area contributed by atoms with Gasteiger partial charge in [-0.15, -0.1) is 0 Å². The van der Waals surface area contributed by atoms with E-state index in [4.69, 9.17) is 4.74 Å². The summed E-state index contributed by atoms with van der Waals surface area (Å²) in [6.07, 6.45) is 0.0915. The van der Waals surface area contributed by atoms with Gasteiger partial charge >= 0.3 is 0 Å². The maximum absolute atomic E-state index is 12.1. The number of morpholine rings is 1. The lowest BCUT2D eigenvalue weighted by Gasteiger charge is -2.36. The van der Waals surface area contributed by atoms with Crippen molar-refractivity contribution in [3.8, 4) is 0 Å². The van der Waals surface area contributed by atoms with Gasteiger partial charge in [-0.3, -0.25) is 4.79 Å². The Morgan fingerprint density at radius 2 is 2.26 bits per heavy atom. The zero-order chi connectivity index (χ0) is 13.2. The first kappa shape index (κ1) is 12.4. The van der Waals surface area contributed by atoms with E-state index in [0.717, 1.165) is 31.1 Å². The van der Waals surface area contributed by atoms with Crippen LogP contribution in [0.2, 0.25) is 0 Å². The van der Waals surface area contributed by atoms with E-state index < -0.39 is 0 Å². The number of likely N-dealkylation sites (N-methyl/N-ethyl adjacent to an activating group) is 1. The number of hydrogen-bond donors (Lipinski definition) is 1. The van der Waals surface area contributed by atoms with Gasteiger partial charge in [-0.25, -0.2) is 0 Å².